The summed E-state index contributed by atoms with van der Waals surface area (Å²) < 4.78 is 32.9. The second-order valence-corrected chi connectivity index (χ2v) is 7.94. The number of amides is 2. The van der Waals surface area contributed by atoms with E-state index in [0.29, 0.717) is 5.56 Å². The summed E-state index contributed by atoms with van der Waals surface area (Å²) in [5, 5.41) is 18.7. The van der Waals surface area contributed by atoms with E-state index in [4.69, 9.17) is 25.5 Å². The molecule has 0 unspecified atom stereocenters. The van der Waals surface area contributed by atoms with Crippen molar-refractivity contribution in [1.82, 2.24) is 10.6 Å². The van der Waals surface area contributed by atoms with E-state index >= 15 is 0 Å². The molecular formula is C18H28N4O8S. The lowest BCUT2D eigenvalue weighted by Gasteiger charge is -2.11. The number of sulfonamides is 1. The Hall–Kier alpha value is -2.58. The first kappa shape index (κ1) is 26.5. The Labute approximate surface area is 180 Å². The highest BCUT2D eigenvalue weighted by Crippen LogP contribution is 2.08. The van der Waals surface area contributed by atoms with Gasteiger partial charge in [-0.2, -0.15) is 0 Å². The lowest BCUT2D eigenvalue weighted by Crippen LogP contribution is -2.42. The van der Waals surface area contributed by atoms with E-state index < -0.39 is 27.9 Å². The van der Waals surface area contributed by atoms with E-state index in [2.05, 4.69) is 10.6 Å². The van der Waals surface area contributed by atoms with Crippen molar-refractivity contribution < 1.29 is 37.4 Å². The number of aliphatic carboxylic acids is 1. The molecule has 0 saturated carbocycles. The molecule has 0 aromatic heterocycles. The first-order valence-electron chi connectivity index (χ1n) is 9.43. The minimum atomic E-state index is -3.80. The number of carboxylic acid groups (broad SMARTS) is 1. The van der Waals surface area contributed by atoms with Crippen molar-refractivity contribution >= 4 is 27.8 Å². The van der Waals surface area contributed by atoms with Crippen LogP contribution in [0.5, 0.6) is 0 Å². The fraction of sp³-hybridized carbons (Fsp3) is 0.500. The quantitative estimate of drug-likeness (QED) is 0.191. The molecule has 0 aliphatic heterocycles. The molecule has 1 rings (SSSR count). The van der Waals surface area contributed by atoms with Gasteiger partial charge in [-0.05, 0) is 30.7 Å². The zero-order valence-corrected chi connectivity index (χ0v) is 17.7. The van der Waals surface area contributed by atoms with Crippen molar-refractivity contribution in [3.8, 4) is 0 Å². The van der Waals surface area contributed by atoms with Crippen LogP contribution in [0.2, 0.25) is 0 Å². The summed E-state index contributed by atoms with van der Waals surface area (Å²) in [6.07, 6.45) is -0.110. The van der Waals surface area contributed by atoms with Crippen molar-refractivity contribution in [2.24, 2.45) is 10.9 Å². The number of primary sulfonamides is 1. The Morgan fingerprint density at radius 2 is 1.52 bits per heavy atom. The summed E-state index contributed by atoms with van der Waals surface area (Å²) in [6, 6.07) is 4.36. The van der Waals surface area contributed by atoms with Gasteiger partial charge in [0.25, 0.3) is 5.91 Å². The molecule has 0 heterocycles. The van der Waals surface area contributed by atoms with Crippen LogP contribution in [-0.4, -0.2) is 76.9 Å². The third-order valence-electron chi connectivity index (χ3n) is 3.90. The van der Waals surface area contributed by atoms with Crippen molar-refractivity contribution in [3.63, 3.8) is 0 Å². The predicted octanol–water partition coefficient (Wildman–Crippen LogP) is -1.59. The van der Waals surface area contributed by atoms with Gasteiger partial charge in [0.1, 0.15) is 0 Å². The highest BCUT2D eigenvalue weighted by molar-refractivity contribution is 7.89. The van der Waals surface area contributed by atoms with E-state index in [1.165, 1.54) is 24.3 Å². The second-order valence-electron chi connectivity index (χ2n) is 6.38. The van der Waals surface area contributed by atoms with Gasteiger partial charge in [0.05, 0.1) is 37.4 Å². The van der Waals surface area contributed by atoms with Crippen molar-refractivity contribution in [1.29, 1.82) is 0 Å². The van der Waals surface area contributed by atoms with Gasteiger partial charge in [-0.15, -0.1) is 0 Å². The number of nitrogens with one attached hydrogen (secondary N) is 2. The van der Waals surface area contributed by atoms with Crippen LogP contribution in [0.4, 0.5) is 0 Å². The SMILES string of the molecule is N[C@@H](CCC(=O)O)C(=O)NCCOCCOCCNC(=O)c1ccc(S(N)(=O)=O)cc1. The molecule has 31 heavy (non-hydrogen) atoms. The summed E-state index contributed by atoms with van der Waals surface area (Å²) in [7, 11) is -3.80. The number of carbonyl (C=O) groups is 3. The number of carbonyl (C=O) groups excluding carboxylic acids is 2. The molecule has 0 bridgehead atoms. The average molecular weight is 461 g/mol. The van der Waals surface area contributed by atoms with Crippen LogP contribution in [0.15, 0.2) is 29.2 Å². The molecule has 0 aliphatic carbocycles. The van der Waals surface area contributed by atoms with Gasteiger partial charge < -0.3 is 30.9 Å². The lowest BCUT2D eigenvalue weighted by atomic mass is 10.1. The summed E-state index contributed by atoms with van der Waals surface area (Å²) in [6.45, 7) is 1.54. The fourth-order valence-electron chi connectivity index (χ4n) is 2.24. The number of rotatable bonds is 15. The van der Waals surface area contributed by atoms with Gasteiger partial charge in [-0.25, -0.2) is 13.6 Å². The fourth-order valence-corrected chi connectivity index (χ4v) is 2.76. The Kier molecular flexibility index (Phi) is 11.7. The van der Waals surface area contributed by atoms with Crippen molar-refractivity contribution in [3.05, 3.63) is 29.8 Å². The van der Waals surface area contributed by atoms with E-state index in [0.717, 1.165) is 0 Å². The van der Waals surface area contributed by atoms with E-state index in [9.17, 15) is 22.8 Å². The van der Waals surface area contributed by atoms with Crippen LogP contribution in [0.3, 0.4) is 0 Å². The highest BCUT2D eigenvalue weighted by atomic mass is 32.2. The Balaban J connectivity index is 2.05. The molecule has 0 saturated heterocycles. The zero-order valence-electron chi connectivity index (χ0n) is 16.9. The van der Waals surface area contributed by atoms with Gasteiger partial charge in [-0.3, -0.25) is 14.4 Å². The first-order chi connectivity index (χ1) is 14.6. The first-order valence-corrected chi connectivity index (χ1v) is 11.0. The molecule has 0 fully saturated rings. The summed E-state index contributed by atoms with van der Waals surface area (Å²) >= 11 is 0. The number of hydrogen-bond acceptors (Lipinski definition) is 8. The van der Waals surface area contributed by atoms with Gasteiger partial charge in [0.2, 0.25) is 15.9 Å². The van der Waals surface area contributed by atoms with Crippen LogP contribution in [-0.2, 0) is 29.1 Å². The number of ether oxygens (including phenoxy) is 2. The standard InChI is InChI=1S/C18H28N4O8S/c19-15(5-6-16(23)24)18(26)22-8-10-30-12-11-29-9-7-21-17(25)13-1-3-14(4-2-13)31(20,27)28/h1-4,15H,5-12,19H2,(H,21,25)(H,22,26)(H,23,24)(H2,20,27,28)/t15-/m0/s1. The maximum atomic E-state index is 11.9. The molecule has 7 N–H and O–H groups in total. The lowest BCUT2D eigenvalue weighted by molar-refractivity contribution is -0.137. The Morgan fingerprint density at radius 1 is 0.968 bits per heavy atom. The Bertz CT molecular complexity index is 829. The summed E-state index contributed by atoms with van der Waals surface area (Å²) in [5.74, 6) is -1.82. The summed E-state index contributed by atoms with van der Waals surface area (Å²) in [5.41, 5.74) is 5.85. The molecule has 0 radical (unpaired) electrons. The molecule has 13 heteroatoms. The number of benzene rings is 1. The van der Waals surface area contributed by atoms with Gasteiger partial charge in [-0.1, -0.05) is 0 Å². The van der Waals surface area contributed by atoms with Gasteiger partial charge in [0, 0.05) is 25.1 Å². The topological polar surface area (TPSA) is 200 Å². The Morgan fingerprint density at radius 3 is 2.03 bits per heavy atom. The third kappa shape index (κ3) is 11.4. The van der Waals surface area contributed by atoms with E-state index in [1.54, 1.807) is 0 Å². The minimum absolute atomic E-state index is 0.0628. The van der Waals surface area contributed by atoms with Crippen LogP contribution in [0, 0.1) is 0 Å². The van der Waals surface area contributed by atoms with Crippen LogP contribution in [0.1, 0.15) is 23.2 Å². The second kappa shape index (κ2) is 13.7. The normalized spacial score (nSPS) is 12.2. The average Bonchev–Trinajstić information content (AvgIpc) is 2.72. The van der Waals surface area contributed by atoms with Gasteiger partial charge >= 0.3 is 5.97 Å². The minimum Gasteiger partial charge on any atom is -0.481 e. The molecule has 0 spiro atoms. The molecular weight excluding hydrogens is 432 g/mol. The molecule has 1 aromatic rings. The molecule has 1 aromatic carbocycles. The maximum Gasteiger partial charge on any atom is 0.303 e. The molecule has 12 nitrogen and oxygen atoms in total. The number of nitrogens with two attached hydrogens (primary N) is 2. The monoisotopic (exact) mass is 460 g/mol. The van der Waals surface area contributed by atoms with E-state index in [-0.39, 0.29) is 63.2 Å². The highest BCUT2D eigenvalue weighted by Gasteiger charge is 2.14. The summed E-state index contributed by atoms with van der Waals surface area (Å²) in [4.78, 5) is 33.9. The van der Waals surface area contributed by atoms with Crippen LogP contribution in [0.25, 0.3) is 0 Å². The van der Waals surface area contributed by atoms with E-state index in [1.807, 2.05) is 0 Å². The van der Waals surface area contributed by atoms with Gasteiger partial charge in [0.15, 0.2) is 0 Å². The number of carboxylic acids is 1. The van der Waals surface area contributed by atoms with Crippen LogP contribution >= 0.6 is 0 Å². The molecule has 174 valence electrons. The van der Waals surface area contributed by atoms with Crippen molar-refractivity contribution in [2.45, 2.75) is 23.8 Å². The smallest absolute Gasteiger partial charge is 0.303 e. The maximum absolute atomic E-state index is 11.9. The largest absolute Gasteiger partial charge is 0.481 e. The third-order valence-corrected chi connectivity index (χ3v) is 4.83. The van der Waals surface area contributed by atoms with Crippen molar-refractivity contribution in [2.75, 3.05) is 39.5 Å². The zero-order chi connectivity index (χ0) is 23.3. The predicted molar refractivity (Wildman–Crippen MR) is 110 cm³/mol. The van der Waals surface area contributed by atoms with Crippen LogP contribution < -0.4 is 21.5 Å². The molecule has 0 aliphatic rings. The molecule has 1 atom stereocenters. The molecule has 2 amide bonds. The number of hydrogen-bond donors (Lipinski definition) is 5.